The number of likely N-dealkylation sites (tertiary alicyclic amines) is 1. The molecular weight excluding hydrogens is 761 g/mol. The Bertz CT molecular complexity index is 1840. The molecule has 16 heteroatoms. The Kier molecular flexibility index (Phi) is 16.7. The summed E-state index contributed by atoms with van der Waals surface area (Å²) in [5.41, 5.74) is 6.29. The van der Waals surface area contributed by atoms with Crippen LogP contribution in [-0.2, 0) is 55.9 Å². The van der Waals surface area contributed by atoms with Gasteiger partial charge in [0.2, 0.25) is 35.3 Å². The summed E-state index contributed by atoms with van der Waals surface area (Å²) >= 11 is 0. The molecule has 5 atom stereocenters. The molecular formula is C43H58N6O10. The van der Waals surface area contributed by atoms with Gasteiger partial charge < -0.3 is 41.7 Å². The van der Waals surface area contributed by atoms with Crippen LogP contribution in [0.4, 0.5) is 0 Å². The van der Waals surface area contributed by atoms with E-state index < -0.39 is 89.6 Å². The van der Waals surface area contributed by atoms with Gasteiger partial charge in [0.25, 0.3) is 5.91 Å². The zero-order valence-corrected chi connectivity index (χ0v) is 34.3. The molecule has 1 heterocycles. The third-order valence-electron chi connectivity index (χ3n) is 10.4. The van der Waals surface area contributed by atoms with Crippen LogP contribution in [-0.4, -0.2) is 100 Å². The summed E-state index contributed by atoms with van der Waals surface area (Å²) in [5.74, 6) is -6.61. The highest BCUT2D eigenvalue weighted by Crippen LogP contribution is 2.31. The number of ether oxygens (including phenoxy) is 1. The molecule has 0 spiro atoms. The normalized spacial score (nSPS) is 18.5. The van der Waals surface area contributed by atoms with Crippen molar-refractivity contribution in [3.63, 3.8) is 0 Å². The molecule has 2 aromatic rings. The van der Waals surface area contributed by atoms with Crippen molar-refractivity contribution in [1.82, 2.24) is 26.2 Å². The first kappa shape index (κ1) is 46.1. The maximum Gasteiger partial charge on any atom is 0.307 e. The quantitative estimate of drug-likeness (QED) is 0.113. The number of amides is 6. The van der Waals surface area contributed by atoms with Gasteiger partial charge in [0.1, 0.15) is 18.1 Å². The van der Waals surface area contributed by atoms with Gasteiger partial charge >= 0.3 is 5.97 Å². The minimum absolute atomic E-state index is 0.0337. The Labute approximate surface area is 344 Å². The average Bonchev–Trinajstić information content (AvgIpc) is 3.61. The van der Waals surface area contributed by atoms with Gasteiger partial charge in [-0.25, -0.2) is 0 Å². The molecule has 320 valence electrons. The number of carboxylic acid groups (broad SMARTS) is 1. The van der Waals surface area contributed by atoms with E-state index >= 15 is 0 Å². The van der Waals surface area contributed by atoms with Crippen molar-refractivity contribution in [3.05, 3.63) is 71.3 Å². The zero-order valence-electron chi connectivity index (χ0n) is 34.3. The standard InChI is InChI=1S/C43H58N6O10/c1-5-14-31(38(54)41(57)45-24-34(51)48-36(39(44)55)26-15-8-6-9-16-26)46-40(56)32-23-30(59-43(2,3)4)25-49(32)42(58)37(27-17-10-7-11-18-27)47-33(50)21-28-19-12-13-20-29(28)22-35(52)53/h6,8-9,12-13,15-16,19-20,27,30-32,36-37H,5,7,10-11,14,17-18,21-25H2,1-4H3,(H2,44,55)(H,45,57)(H,46,56)(H,47,50)(H,48,51)(H,52,53)/t30-,31?,32+,36+,37+/m1/s1. The molecule has 1 saturated heterocycles. The number of carboxylic acids is 1. The van der Waals surface area contributed by atoms with Gasteiger partial charge in [-0.2, -0.15) is 0 Å². The Morgan fingerprint density at radius 1 is 0.847 bits per heavy atom. The number of Topliss-reactive ketones (excluding diaryl/α,β-unsaturated/α-hetero) is 1. The summed E-state index contributed by atoms with van der Waals surface area (Å²) in [6.45, 7) is 6.70. The number of aliphatic carboxylic acids is 1. The zero-order chi connectivity index (χ0) is 43.3. The smallest absolute Gasteiger partial charge is 0.307 e. The van der Waals surface area contributed by atoms with Crippen LogP contribution in [0.2, 0.25) is 0 Å². The van der Waals surface area contributed by atoms with E-state index in [0.29, 0.717) is 36.0 Å². The topological polar surface area (TPSA) is 243 Å². The van der Waals surface area contributed by atoms with Gasteiger partial charge in [-0.15, -0.1) is 0 Å². The fraction of sp³-hybridized carbons (Fsp3) is 0.535. The lowest BCUT2D eigenvalue weighted by Gasteiger charge is -2.35. The molecule has 1 aliphatic carbocycles. The summed E-state index contributed by atoms with van der Waals surface area (Å²) in [7, 11) is 0. The number of rotatable bonds is 19. The SMILES string of the molecule is CCCC(NC(=O)[C@@H]1C[C@@H](OC(C)(C)C)CN1C(=O)[C@@H](NC(=O)Cc1ccccc1CC(=O)O)C1CCCCC1)C(=O)C(=O)NCC(=O)N[C@H](C(N)=O)c1ccccc1. The molecule has 1 aliphatic heterocycles. The molecule has 6 amide bonds. The van der Waals surface area contributed by atoms with E-state index in [2.05, 4.69) is 21.3 Å². The lowest BCUT2D eigenvalue weighted by atomic mass is 9.83. The number of nitrogens with zero attached hydrogens (tertiary/aromatic N) is 1. The summed E-state index contributed by atoms with van der Waals surface area (Å²) in [6.07, 6.45) is 3.63. The van der Waals surface area contributed by atoms with Crippen molar-refractivity contribution in [2.75, 3.05) is 13.1 Å². The minimum Gasteiger partial charge on any atom is -0.481 e. The summed E-state index contributed by atoms with van der Waals surface area (Å²) in [4.78, 5) is 107. The molecule has 2 aliphatic rings. The first-order valence-electron chi connectivity index (χ1n) is 20.3. The number of hydrogen-bond donors (Lipinski definition) is 6. The molecule has 2 aromatic carbocycles. The molecule has 1 unspecified atom stereocenters. The number of primary amides is 1. The Morgan fingerprint density at radius 2 is 1.47 bits per heavy atom. The minimum atomic E-state index is -1.29. The first-order valence-corrected chi connectivity index (χ1v) is 20.3. The second-order valence-corrected chi connectivity index (χ2v) is 16.3. The lowest BCUT2D eigenvalue weighted by Crippen LogP contribution is -2.58. The van der Waals surface area contributed by atoms with E-state index in [-0.39, 0.29) is 38.1 Å². The highest BCUT2D eigenvalue weighted by molar-refractivity contribution is 6.38. The number of benzene rings is 2. The van der Waals surface area contributed by atoms with Crippen LogP contribution < -0.4 is 27.0 Å². The van der Waals surface area contributed by atoms with Crippen molar-refractivity contribution in [3.8, 4) is 0 Å². The van der Waals surface area contributed by atoms with Crippen LogP contribution in [0.5, 0.6) is 0 Å². The highest BCUT2D eigenvalue weighted by atomic mass is 16.5. The van der Waals surface area contributed by atoms with Gasteiger partial charge in [0.15, 0.2) is 0 Å². The molecule has 4 rings (SSSR count). The van der Waals surface area contributed by atoms with Crippen LogP contribution in [0, 0.1) is 5.92 Å². The van der Waals surface area contributed by atoms with E-state index in [0.717, 1.165) is 19.3 Å². The van der Waals surface area contributed by atoms with E-state index in [1.165, 1.54) is 4.90 Å². The largest absolute Gasteiger partial charge is 0.481 e. The van der Waals surface area contributed by atoms with Crippen molar-refractivity contribution in [2.24, 2.45) is 11.7 Å². The van der Waals surface area contributed by atoms with Crippen LogP contribution in [0.3, 0.4) is 0 Å². The van der Waals surface area contributed by atoms with Crippen molar-refractivity contribution in [2.45, 2.75) is 128 Å². The fourth-order valence-corrected chi connectivity index (χ4v) is 7.77. The Hall–Kier alpha value is -5.64. The summed E-state index contributed by atoms with van der Waals surface area (Å²) < 4.78 is 6.25. The van der Waals surface area contributed by atoms with E-state index in [4.69, 9.17) is 10.5 Å². The maximum absolute atomic E-state index is 14.7. The third-order valence-corrected chi connectivity index (χ3v) is 10.4. The van der Waals surface area contributed by atoms with Gasteiger partial charge in [0.05, 0.1) is 37.1 Å². The van der Waals surface area contributed by atoms with E-state index in [9.17, 15) is 43.5 Å². The monoisotopic (exact) mass is 818 g/mol. The van der Waals surface area contributed by atoms with Crippen LogP contribution in [0.25, 0.3) is 0 Å². The molecule has 0 radical (unpaired) electrons. The molecule has 0 aromatic heterocycles. The number of hydrogen-bond acceptors (Lipinski definition) is 9. The molecule has 7 N–H and O–H groups in total. The predicted octanol–water partition coefficient (Wildman–Crippen LogP) is 2.02. The number of ketones is 1. The summed E-state index contributed by atoms with van der Waals surface area (Å²) in [5, 5.41) is 19.7. The molecule has 1 saturated carbocycles. The van der Waals surface area contributed by atoms with Crippen LogP contribution >= 0.6 is 0 Å². The molecule has 16 nitrogen and oxygen atoms in total. The van der Waals surface area contributed by atoms with E-state index in [1.54, 1.807) is 61.5 Å². The highest BCUT2D eigenvalue weighted by Gasteiger charge is 2.46. The van der Waals surface area contributed by atoms with Crippen LogP contribution in [0.1, 0.15) is 102 Å². The second-order valence-electron chi connectivity index (χ2n) is 16.3. The summed E-state index contributed by atoms with van der Waals surface area (Å²) in [6, 6.07) is 10.4. The predicted molar refractivity (Wildman–Crippen MR) is 216 cm³/mol. The number of carbonyl (C=O) groups is 8. The van der Waals surface area contributed by atoms with Crippen LogP contribution in [0.15, 0.2) is 54.6 Å². The Balaban J connectivity index is 1.50. The van der Waals surface area contributed by atoms with Gasteiger partial charge in [-0.3, -0.25) is 38.4 Å². The average molecular weight is 819 g/mol. The van der Waals surface area contributed by atoms with Crippen molar-refractivity contribution >= 4 is 47.2 Å². The maximum atomic E-state index is 14.7. The number of nitrogens with one attached hydrogen (secondary N) is 4. The first-order chi connectivity index (χ1) is 28.0. The molecule has 2 fully saturated rings. The third kappa shape index (κ3) is 13.7. The number of carbonyl (C=O) groups excluding carboxylic acids is 7. The fourth-order valence-electron chi connectivity index (χ4n) is 7.77. The lowest BCUT2D eigenvalue weighted by molar-refractivity contribution is -0.144. The number of nitrogens with two attached hydrogens (primary N) is 1. The second kappa shape index (κ2) is 21.4. The molecule has 59 heavy (non-hydrogen) atoms. The van der Waals surface area contributed by atoms with Gasteiger partial charge in [-0.1, -0.05) is 87.2 Å². The van der Waals surface area contributed by atoms with Gasteiger partial charge in [0, 0.05) is 13.0 Å². The molecule has 0 bridgehead atoms. The van der Waals surface area contributed by atoms with E-state index in [1.807, 2.05) is 20.8 Å². The van der Waals surface area contributed by atoms with Gasteiger partial charge in [-0.05, 0) is 62.6 Å². The Morgan fingerprint density at radius 3 is 2.07 bits per heavy atom. The van der Waals surface area contributed by atoms with Crippen molar-refractivity contribution in [1.29, 1.82) is 0 Å². The van der Waals surface area contributed by atoms with Crippen molar-refractivity contribution < 1.29 is 48.2 Å².